The van der Waals surface area contributed by atoms with Crippen molar-refractivity contribution in [3.05, 3.63) is 60.4 Å². The van der Waals surface area contributed by atoms with Gasteiger partial charge in [-0.05, 0) is 12.1 Å². The Morgan fingerprint density at radius 1 is 1.20 bits per heavy atom. The van der Waals surface area contributed by atoms with Crippen LogP contribution in [0.2, 0.25) is 0 Å². The van der Waals surface area contributed by atoms with E-state index in [1.165, 1.54) is 0 Å². The average Bonchev–Trinajstić information content (AvgIpc) is 3.11. The fourth-order valence-electron chi connectivity index (χ4n) is 3.11. The lowest BCUT2D eigenvalue weighted by Crippen LogP contribution is -2.50. The number of fused-ring (bicyclic) bond motifs is 1. The molecule has 3 heterocycles. The molecule has 1 aliphatic rings. The van der Waals surface area contributed by atoms with Gasteiger partial charge in [0.1, 0.15) is 5.65 Å². The highest BCUT2D eigenvalue weighted by Gasteiger charge is 2.27. The molecule has 0 radical (unpaired) electrons. The van der Waals surface area contributed by atoms with Crippen molar-refractivity contribution in [3.8, 4) is 11.3 Å². The van der Waals surface area contributed by atoms with Crippen molar-refractivity contribution in [2.45, 2.75) is 6.04 Å². The number of ether oxygens (including phenoxy) is 1. The van der Waals surface area contributed by atoms with Gasteiger partial charge in [-0.3, -0.25) is 4.79 Å². The first-order valence-corrected chi connectivity index (χ1v) is 8.30. The van der Waals surface area contributed by atoms with E-state index < -0.39 is 0 Å². The van der Waals surface area contributed by atoms with Crippen LogP contribution < -0.4 is 0 Å². The van der Waals surface area contributed by atoms with Gasteiger partial charge in [-0.1, -0.05) is 30.3 Å². The van der Waals surface area contributed by atoms with Crippen LogP contribution in [0.4, 0.5) is 0 Å². The number of aliphatic hydroxyl groups is 1. The molecule has 4 rings (SSSR count). The molecule has 1 atom stereocenters. The second-order valence-electron chi connectivity index (χ2n) is 6.09. The first-order valence-electron chi connectivity index (χ1n) is 8.30. The number of aromatic nitrogens is 2. The number of nitrogens with zero attached hydrogens (tertiary/aromatic N) is 3. The molecule has 3 aromatic rings. The van der Waals surface area contributed by atoms with Crippen molar-refractivity contribution in [2.24, 2.45) is 0 Å². The van der Waals surface area contributed by atoms with Crippen LogP contribution in [-0.2, 0) is 4.74 Å². The van der Waals surface area contributed by atoms with Crippen LogP contribution in [0.15, 0.2) is 54.9 Å². The molecule has 1 amide bonds. The average molecular weight is 337 g/mol. The molecule has 1 aromatic carbocycles. The van der Waals surface area contributed by atoms with Crippen molar-refractivity contribution in [1.29, 1.82) is 0 Å². The van der Waals surface area contributed by atoms with Crippen LogP contribution in [0, 0.1) is 0 Å². The van der Waals surface area contributed by atoms with Gasteiger partial charge in [0, 0.05) is 24.5 Å². The number of hydrogen-bond donors (Lipinski definition) is 1. The zero-order valence-electron chi connectivity index (χ0n) is 13.7. The Morgan fingerprint density at radius 3 is 2.84 bits per heavy atom. The van der Waals surface area contributed by atoms with Crippen molar-refractivity contribution < 1.29 is 14.6 Å². The number of morpholine rings is 1. The number of imidazole rings is 1. The van der Waals surface area contributed by atoms with E-state index in [0.29, 0.717) is 25.3 Å². The molecule has 128 valence electrons. The van der Waals surface area contributed by atoms with E-state index in [1.807, 2.05) is 47.0 Å². The third-order valence-electron chi connectivity index (χ3n) is 4.47. The summed E-state index contributed by atoms with van der Waals surface area (Å²) in [4.78, 5) is 19.1. The summed E-state index contributed by atoms with van der Waals surface area (Å²) in [6, 6.07) is 13.3. The van der Waals surface area contributed by atoms with Crippen molar-refractivity contribution in [2.75, 3.05) is 26.4 Å². The minimum Gasteiger partial charge on any atom is -0.394 e. The Hall–Kier alpha value is -2.70. The summed E-state index contributed by atoms with van der Waals surface area (Å²) in [5.41, 5.74) is 3.26. The Balaban J connectivity index is 1.65. The van der Waals surface area contributed by atoms with E-state index in [-0.39, 0.29) is 18.6 Å². The van der Waals surface area contributed by atoms with Gasteiger partial charge in [0.25, 0.3) is 5.91 Å². The summed E-state index contributed by atoms with van der Waals surface area (Å²) in [5, 5.41) is 9.47. The predicted octanol–water partition coefficient (Wildman–Crippen LogP) is 1.83. The number of aliphatic hydroxyl groups excluding tert-OH is 1. The van der Waals surface area contributed by atoms with E-state index in [1.54, 1.807) is 17.2 Å². The van der Waals surface area contributed by atoms with Crippen LogP contribution in [0.25, 0.3) is 16.9 Å². The second kappa shape index (κ2) is 6.66. The quantitative estimate of drug-likeness (QED) is 0.792. The summed E-state index contributed by atoms with van der Waals surface area (Å²) >= 11 is 0. The number of rotatable bonds is 3. The minimum absolute atomic E-state index is 0.0980. The lowest BCUT2D eigenvalue weighted by Gasteiger charge is -2.34. The molecule has 1 aliphatic heterocycles. The molecule has 1 saturated heterocycles. The Kier molecular flexibility index (Phi) is 4.21. The summed E-state index contributed by atoms with van der Waals surface area (Å²) in [5.74, 6) is -0.0980. The van der Waals surface area contributed by atoms with Gasteiger partial charge < -0.3 is 19.1 Å². The molecule has 25 heavy (non-hydrogen) atoms. The number of hydrogen-bond acceptors (Lipinski definition) is 4. The summed E-state index contributed by atoms with van der Waals surface area (Å²) < 4.78 is 7.21. The summed E-state index contributed by atoms with van der Waals surface area (Å²) in [7, 11) is 0. The highest BCUT2D eigenvalue weighted by atomic mass is 16.5. The molecular formula is C19H19N3O3. The normalized spacial score (nSPS) is 17.8. The Labute approximate surface area is 145 Å². The smallest absolute Gasteiger partial charge is 0.255 e. The summed E-state index contributed by atoms with van der Waals surface area (Å²) in [6.07, 6.45) is 3.71. The molecule has 0 spiro atoms. The zero-order chi connectivity index (χ0) is 17.2. The fourth-order valence-corrected chi connectivity index (χ4v) is 3.11. The van der Waals surface area contributed by atoms with Crippen LogP contribution in [-0.4, -0.2) is 57.7 Å². The van der Waals surface area contributed by atoms with Crippen LogP contribution >= 0.6 is 0 Å². The first kappa shape index (κ1) is 15.8. The van der Waals surface area contributed by atoms with Crippen LogP contribution in [0.3, 0.4) is 0 Å². The van der Waals surface area contributed by atoms with E-state index in [9.17, 15) is 9.90 Å². The van der Waals surface area contributed by atoms with Gasteiger partial charge in [0.15, 0.2) is 0 Å². The Morgan fingerprint density at radius 2 is 2.04 bits per heavy atom. The first-order chi connectivity index (χ1) is 12.3. The maximum Gasteiger partial charge on any atom is 0.255 e. The van der Waals surface area contributed by atoms with Crippen molar-refractivity contribution in [3.63, 3.8) is 0 Å². The fraction of sp³-hybridized carbons (Fsp3) is 0.263. The molecule has 0 aliphatic carbocycles. The van der Waals surface area contributed by atoms with Gasteiger partial charge in [-0.25, -0.2) is 4.98 Å². The third-order valence-corrected chi connectivity index (χ3v) is 4.47. The second-order valence-corrected chi connectivity index (χ2v) is 6.09. The van der Waals surface area contributed by atoms with Crippen molar-refractivity contribution >= 4 is 11.6 Å². The van der Waals surface area contributed by atoms with Crippen LogP contribution in [0.5, 0.6) is 0 Å². The van der Waals surface area contributed by atoms with Gasteiger partial charge in [0.2, 0.25) is 0 Å². The highest BCUT2D eigenvalue weighted by molar-refractivity contribution is 5.94. The number of pyridine rings is 1. The lowest BCUT2D eigenvalue weighted by molar-refractivity contribution is -0.0184. The molecule has 6 heteroatoms. The van der Waals surface area contributed by atoms with E-state index >= 15 is 0 Å². The SMILES string of the molecule is O=C(c1ccc2nc(-c3ccccc3)cn2c1)N1CCOC[C@@H]1CO. The number of amides is 1. The maximum atomic E-state index is 12.8. The molecule has 0 unspecified atom stereocenters. The number of carbonyl (C=O) groups excluding carboxylic acids is 1. The number of carbonyl (C=O) groups is 1. The monoisotopic (exact) mass is 337 g/mol. The van der Waals surface area contributed by atoms with Gasteiger partial charge in [-0.2, -0.15) is 0 Å². The highest BCUT2D eigenvalue weighted by Crippen LogP contribution is 2.20. The standard InChI is InChI=1S/C19H19N3O3/c23-12-16-13-25-9-8-22(16)19(24)15-6-7-18-20-17(11-21(18)10-15)14-4-2-1-3-5-14/h1-7,10-11,16,23H,8-9,12-13H2/t16-/m0/s1. The van der Waals surface area contributed by atoms with Crippen LogP contribution in [0.1, 0.15) is 10.4 Å². The molecular weight excluding hydrogens is 318 g/mol. The van der Waals surface area contributed by atoms with Gasteiger partial charge >= 0.3 is 0 Å². The predicted molar refractivity (Wildman–Crippen MR) is 93.4 cm³/mol. The topological polar surface area (TPSA) is 67.1 Å². The van der Waals surface area contributed by atoms with Gasteiger partial charge in [0.05, 0.1) is 37.1 Å². The molecule has 1 fully saturated rings. The molecule has 6 nitrogen and oxygen atoms in total. The summed E-state index contributed by atoms with van der Waals surface area (Å²) in [6.45, 7) is 1.25. The molecule has 1 N–H and O–H groups in total. The van der Waals surface area contributed by atoms with Crippen molar-refractivity contribution in [1.82, 2.24) is 14.3 Å². The largest absolute Gasteiger partial charge is 0.394 e. The minimum atomic E-state index is -0.292. The van der Waals surface area contributed by atoms with E-state index in [2.05, 4.69) is 4.98 Å². The molecule has 2 aromatic heterocycles. The van der Waals surface area contributed by atoms with E-state index in [0.717, 1.165) is 16.9 Å². The zero-order valence-corrected chi connectivity index (χ0v) is 13.7. The maximum absolute atomic E-state index is 12.8. The lowest BCUT2D eigenvalue weighted by atomic mass is 10.2. The van der Waals surface area contributed by atoms with E-state index in [4.69, 9.17) is 4.74 Å². The molecule has 0 bridgehead atoms. The molecule has 0 saturated carbocycles. The Bertz CT molecular complexity index is 891. The third kappa shape index (κ3) is 3.01. The van der Waals surface area contributed by atoms with Gasteiger partial charge in [-0.15, -0.1) is 0 Å². The number of benzene rings is 1.